The van der Waals surface area contributed by atoms with Gasteiger partial charge in [0.05, 0.1) is 139 Å². The van der Waals surface area contributed by atoms with Gasteiger partial charge >= 0.3 is 0 Å². The van der Waals surface area contributed by atoms with Crippen molar-refractivity contribution in [3.63, 3.8) is 0 Å². The average molecular weight is 1710 g/mol. The van der Waals surface area contributed by atoms with Crippen LogP contribution in [-0.2, 0) is 0 Å². The number of rotatable bonds is 16. The van der Waals surface area contributed by atoms with E-state index in [1.165, 1.54) is 57.1 Å². The number of hydrogen-bond acceptors (Lipinski definition) is 24. The molecule has 20 heterocycles. The second-order valence-corrected chi connectivity index (χ2v) is 35.4. The molecule has 7 fully saturated rings. The Bertz CT molecular complexity index is 7140. The van der Waals surface area contributed by atoms with E-state index in [4.69, 9.17) is 55.3 Å². The van der Waals surface area contributed by atoms with Crippen molar-refractivity contribution in [2.75, 3.05) is 140 Å². The minimum Gasteiger partial charge on any atom is -0.395 e. The Kier molecular flexibility index (Phi) is 22.4. The van der Waals surface area contributed by atoms with E-state index in [0.29, 0.717) is 98.4 Å². The van der Waals surface area contributed by atoms with E-state index in [9.17, 15) is 19.2 Å². The Morgan fingerprint density at radius 2 is 0.654 bits per heavy atom. The van der Waals surface area contributed by atoms with Gasteiger partial charge in [-0.05, 0) is 204 Å². The SMILES string of the molecule is CCCN1CCC(c2ccc3nc(-c4cc5c(C)nc(C)cn5n4)cc(=O)n3c2)CC1.CCN1CCN(c2ccc3nc(-c4cc5c(C6CC6)nc(C)cn5n4)cc(=O)n3c2)CC1.Cc1cn2nc(-c3cc(=O)n4cc(N5CCN(C)CC5)ccc4n3)cc2c(C2CC2)n1.Cc1cn2nc(-c3cc(=O)n4cc(N5CCN(CCO)CC5)ccc4n3)cc2c(C2CC2)n1. The number of aliphatic hydroxyl groups is 1. The zero-order valence-corrected chi connectivity index (χ0v) is 73.4. The molecule has 4 saturated heterocycles. The first-order chi connectivity index (χ1) is 61.7. The number of aryl methyl sites for hydroxylation is 5. The maximum absolute atomic E-state index is 13.0. The van der Waals surface area contributed by atoms with Gasteiger partial charge in [0.15, 0.2) is 0 Å². The second-order valence-electron chi connectivity index (χ2n) is 35.4. The third kappa shape index (κ3) is 17.3. The number of piperazine rings is 3. The van der Waals surface area contributed by atoms with E-state index >= 15 is 0 Å². The minimum absolute atomic E-state index is 0.0756. The number of hydrogen-bond donors (Lipinski definition) is 1. The fourth-order valence-corrected chi connectivity index (χ4v) is 18.5. The summed E-state index contributed by atoms with van der Waals surface area (Å²) in [4.78, 5) is 106. The van der Waals surface area contributed by atoms with Crippen molar-refractivity contribution >= 4 is 61.7 Å². The van der Waals surface area contributed by atoms with Crippen LogP contribution in [0.5, 0.6) is 0 Å². The number of β-amino-alcohol motifs (C(OH)–C–C–N with tert-alkyl or cyclic N) is 1. The number of aliphatic hydroxyl groups excluding tert-OH is 1. The summed E-state index contributed by atoms with van der Waals surface area (Å²) < 4.78 is 14.0. The lowest BCUT2D eigenvalue weighted by Gasteiger charge is -2.35. The van der Waals surface area contributed by atoms with Gasteiger partial charge in [0.25, 0.3) is 22.2 Å². The van der Waals surface area contributed by atoms with Crippen LogP contribution in [0.3, 0.4) is 0 Å². The molecule has 0 unspecified atom stereocenters. The number of likely N-dealkylation sites (tertiary alicyclic amines) is 1. The maximum atomic E-state index is 13.0. The van der Waals surface area contributed by atoms with Gasteiger partial charge in [-0.1, -0.05) is 19.9 Å². The topological polar surface area (TPSA) is 301 Å². The molecule has 1 N–H and O–H groups in total. The van der Waals surface area contributed by atoms with Gasteiger partial charge in [0, 0.05) is 152 Å². The molecule has 4 aliphatic heterocycles. The molecular weight excluding hydrogens is 1600 g/mol. The van der Waals surface area contributed by atoms with Gasteiger partial charge < -0.3 is 34.5 Å². The van der Waals surface area contributed by atoms with Crippen LogP contribution in [0.15, 0.2) is 166 Å². The first-order valence-corrected chi connectivity index (χ1v) is 45.1. The monoisotopic (exact) mass is 1710 g/mol. The van der Waals surface area contributed by atoms with E-state index in [0.717, 1.165) is 196 Å². The molecule has 652 valence electrons. The molecule has 23 rings (SSSR count). The fourth-order valence-electron chi connectivity index (χ4n) is 18.5. The summed E-state index contributed by atoms with van der Waals surface area (Å²) in [6.45, 7) is 31.2. The first kappa shape index (κ1) is 82.4. The van der Waals surface area contributed by atoms with Crippen LogP contribution in [-0.4, -0.2) is 246 Å². The van der Waals surface area contributed by atoms with Crippen LogP contribution in [0.25, 0.3) is 90.2 Å². The zero-order chi connectivity index (χ0) is 87.0. The number of nitrogens with zero attached hydrogens (tertiary/aromatic N) is 27. The van der Waals surface area contributed by atoms with Gasteiger partial charge in [0.2, 0.25) is 0 Å². The largest absolute Gasteiger partial charge is 0.395 e. The molecule has 32 nitrogen and oxygen atoms in total. The summed E-state index contributed by atoms with van der Waals surface area (Å²) in [6, 6.07) is 30.3. The Morgan fingerprint density at radius 3 is 1.02 bits per heavy atom. The number of pyridine rings is 4. The van der Waals surface area contributed by atoms with Crippen LogP contribution in [0.2, 0.25) is 0 Å². The predicted octanol–water partition coefficient (Wildman–Crippen LogP) is 10.4. The van der Waals surface area contributed by atoms with Crippen molar-refractivity contribution in [2.45, 2.75) is 130 Å². The molecule has 0 aromatic carbocycles. The Labute approximate surface area is 732 Å². The van der Waals surface area contributed by atoms with E-state index < -0.39 is 0 Å². The summed E-state index contributed by atoms with van der Waals surface area (Å²) in [7, 11) is 2.14. The molecule has 16 aromatic heterocycles. The smallest absolute Gasteiger partial charge is 0.258 e. The molecule has 7 aliphatic rings. The lowest BCUT2D eigenvalue weighted by Crippen LogP contribution is -2.47. The van der Waals surface area contributed by atoms with Crippen molar-refractivity contribution in [2.24, 2.45) is 0 Å². The van der Waals surface area contributed by atoms with Crippen LogP contribution in [0.1, 0.15) is 146 Å². The molecule has 0 radical (unpaired) electrons. The maximum Gasteiger partial charge on any atom is 0.258 e. The highest BCUT2D eigenvalue weighted by Gasteiger charge is 2.33. The van der Waals surface area contributed by atoms with Crippen LogP contribution in [0.4, 0.5) is 17.1 Å². The predicted molar refractivity (Wildman–Crippen MR) is 492 cm³/mol. The number of anilines is 3. The third-order valence-electron chi connectivity index (χ3n) is 25.9. The molecule has 3 aliphatic carbocycles. The highest BCUT2D eigenvalue weighted by atomic mass is 16.3. The van der Waals surface area contributed by atoms with E-state index in [1.54, 1.807) is 41.9 Å². The fraction of sp³-hybridized carbons (Fsp3) is 0.411. The highest BCUT2D eigenvalue weighted by molar-refractivity contribution is 5.72. The summed E-state index contributed by atoms with van der Waals surface area (Å²) in [5.41, 5.74) is 23.5. The third-order valence-corrected chi connectivity index (χ3v) is 25.9. The summed E-state index contributed by atoms with van der Waals surface area (Å²) in [6.07, 6.45) is 25.9. The van der Waals surface area contributed by atoms with Gasteiger partial charge in [-0.25, -0.2) is 38.0 Å². The molecule has 32 heteroatoms. The van der Waals surface area contributed by atoms with Crippen molar-refractivity contribution in [3.8, 4) is 45.6 Å². The number of piperidine rings is 1. The van der Waals surface area contributed by atoms with Crippen molar-refractivity contribution in [3.05, 3.63) is 239 Å². The molecule has 0 amide bonds. The van der Waals surface area contributed by atoms with Gasteiger partial charge in [-0.3, -0.25) is 61.6 Å². The Morgan fingerprint density at radius 1 is 0.323 bits per heavy atom. The molecule has 16 aromatic rings. The lowest BCUT2D eigenvalue weighted by molar-refractivity contribution is 0.189. The van der Waals surface area contributed by atoms with Gasteiger partial charge in [0.1, 0.15) is 45.4 Å². The number of fused-ring (bicyclic) bond motifs is 8. The van der Waals surface area contributed by atoms with Crippen LogP contribution >= 0.6 is 0 Å². The van der Waals surface area contributed by atoms with Crippen molar-refractivity contribution in [1.29, 1.82) is 0 Å². The Hall–Kier alpha value is -12.9. The molecule has 3 saturated carbocycles. The van der Waals surface area contributed by atoms with E-state index in [1.807, 2.05) is 157 Å². The standard InChI is InChI=1S/C24H27N7O2.C24H27N7O.C24H28N6O.C23H25N7O/c1-16-14-31-21(24(25-16)17-2-3-17)12-20(27-31)19-13-23(33)30-15-18(4-5-22(30)26-19)29-8-6-28(7-9-29)10-11-32;1-3-28-8-10-29(11-9-28)18-6-7-22-26-19(13-23(32)30(22)15-18)20-12-21-24(17-4-5-17)25-16(2)14-31(21)27-20;1-4-9-28-10-7-18(8-11-28)19-5-6-23-26-20(13-24(31)29(23)15-19)21-12-22-17(3)25-16(2)14-30(22)27-21;1-15-13-30-20(23(24-15)16-3-4-16)11-19(26-30)18-12-22(31)29-14-17(5-6-21(29)25-18)28-9-7-27(2)8-10-28/h4-5,12-15,17,32H,2-3,6-11H2,1H3;6-7,12-15,17H,3-5,8-11H2,1-2H3;5-6,12-15,18H,4,7-11H2,1-3H3;5-6,11-14,16H,3-4,7-10H2,1-2H3. The molecular formula is C95H107N27O5. The molecule has 0 bridgehead atoms. The lowest BCUT2D eigenvalue weighted by atomic mass is 9.90. The highest BCUT2D eigenvalue weighted by Crippen LogP contribution is 2.44. The summed E-state index contributed by atoms with van der Waals surface area (Å²) >= 11 is 0. The summed E-state index contributed by atoms with van der Waals surface area (Å²) in [5.74, 6) is 2.06. The van der Waals surface area contributed by atoms with Gasteiger partial charge in [-0.15, -0.1) is 0 Å². The number of likely N-dealkylation sites (N-methyl/N-ethyl adjacent to an activating group) is 2. The van der Waals surface area contributed by atoms with Crippen LogP contribution < -0.4 is 36.9 Å². The summed E-state index contributed by atoms with van der Waals surface area (Å²) in [5, 5.41) is 27.9. The minimum atomic E-state index is -0.121. The second kappa shape index (κ2) is 34.5. The molecule has 0 spiro atoms. The Balaban J connectivity index is 0.000000107. The normalized spacial score (nSPS) is 17.1. The quantitative estimate of drug-likeness (QED) is 0.0940. The van der Waals surface area contributed by atoms with Gasteiger partial charge in [-0.2, -0.15) is 20.4 Å². The van der Waals surface area contributed by atoms with Crippen LogP contribution in [0, 0.1) is 34.6 Å². The number of aromatic nitrogens is 20. The van der Waals surface area contributed by atoms with E-state index in [-0.39, 0.29) is 28.8 Å². The molecule has 127 heavy (non-hydrogen) atoms. The van der Waals surface area contributed by atoms with E-state index in [2.05, 4.69) is 83.5 Å². The zero-order valence-electron chi connectivity index (χ0n) is 73.4. The van der Waals surface area contributed by atoms with Crippen molar-refractivity contribution < 1.29 is 5.11 Å². The average Bonchev–Trinajstić information content (AvgIpc) is 1.64. The first-order valence-electron chi connectivity index (χ1n) is 45.1. The molecule has 0 atom stereocenters. The van der Waals surface area contributed by atoms with Crippen molar-refractivity contribution in [1.82, 2.24) is 116 Å².